The summed E-state index contributed by atoms with van der Waals surface area (Å²) in [5, 5.41) is 0. The molecule has 0 saturated heterocycles. The maximum atomic E-state index is 0. The minimum atomic E-state index is 0. The molecule has 20 valence electrons. The number of hydrogen-bond acceptors (Lipinski definition) is 0. The van der Waals surface area contributed by atoms with Crippen LogP contribution in [-0.2, 0) is 0 Å². The topological polar surface area (TPSA) is 0 Å². The van der Waals surface area contributed by atoms with E-state index in [1.54, 1.807) is 0 Å². The first-order chi connectivity index (χ1) is 0. The summed E-state index contributed by atoms with van der Waals surface area (Å²) in [6, 6.07) is 0. The van der Waals surface area contributed by atoms with Crippen LogP contribution in [0.4, 0.5) is 0 Å². The normalized spacial score (nSPS) is 0. The first-order valence-corrected chi connectivity index (χ1v) is 0. The van der Waals surface area contributed by atoms with Gasteiger partial charge in [0.05, 0.1) is 0 Å². The molecule has 0 aliphatic heterocycles. The summed E-state index contributed by atoms with van der Waals surface area (Å²) in [5.74, 6) is 0. The molecule has 0 bridgehead atoms. The van der Waals surface area contributed by atoms with Gasteiger partial charge in [0, 0.05) is 0 Å². The zero-order valence-electron chi connectivity index (χ0n) is 1.46. The van der Waals surface area contributed by atoms with Gasteiger partial charge in [0.1, 0.15) is 0 Å². The fourth-order valence-electron chi connectivity index (χ4n) is 0. The van der Waals surface area contributed by atoms with Crippen molar-refractivity contribution < 1.29 is 9.41 Å². The van der Waals surface area contributed by atoms with Crippen LogP contribution in [0.15, 0.2) is 0 Å². The molecule has 0 nitrogen and oxygen atoms in total. The quantitative estimate of drug-likeness (QED) is 0.315. The summed E-state index contributed by atoms with van der Waals surface area (Å²) in [7, 11) is 0. The number of halogens is 2. The Balaban J connectivity index is 0. The van der Waals surface area contributed by atoms with Gasteiger partial charge in [-0.1, -0.05) is 0 Å². The minimum absolute atomic E-state index is 0. The zero-order chi connectivity index (χ0) is 0. The van der Waals surface area contributed by atoms with E-state index in [-0.39, 0.29) is 92.6 Å². The van der Waals surface area contributed by atoms with Crippen molar-refractivity contribution in [2.75, 3.05) is 0 Å². The molecule has 0 aliphatic rings. The zero-order valence-corrected chi connectivity index (χ0v) is 3.67. The van der Waals surface area contributed by atoms with E-state index < -0.39 is 0 Å². The van der Waals surface area contributed by atoms with E-state index >= 15 is 0 Å². The van der Waals surface area contributed by atoms with E-state index in [2.05, 4.69) is 0 Å². The fraction of sp³-hybridized carbons (Fsp3) is 0. The van der Waals surface area contributed by atoms with Crippen molar-refractivity contribution in [2.45, 2.75) is 0 Å². The molecular formula is H2CaF2Sr. The van der Waals surface area contributed by atoms with Crippen molar-refractivity contribution in [2.24, 2.45) is 0 Å². The molecule has 0 aromatic heterocycles. The Morgan fingerprint density at radius 1 is 0.750 bits per heavy atom. The average molecular weight is 168 g/mol. The van der Waals surface area contributed by atoms with Crippen LogP contribution < -0.4 is 9.41 Å². The summed E-state index contributed by atoms with van der Waals surface area (Å²) in [6.07, 6.45) is 0. The van der Waals surface area contributed by atoms with E-state index in [4.69, 9.17) is 0 Å². The van der Waals surface area contributed by atoms with Crippen LogP contribution in [0.3, 0.4) is 0 Å². The summed E-state index contributed by atoms with van der Waals surface area (Å²) in [6.45, 7) is 0. The number of rotatable bonds is 0. The van der Waals surface area contributed by atoms with Gasteiger partial charge >= 0.3 is 83.2 Å². The average Bonchev–Trinajstić information content (AvgIpc) is 0. The van der Waals surface area contributed by atoms with Crippen LogP contribution in [0, 0.1) is 0 Å². The maximum absolute atomic E-state index is 0. The summed E-state index contributed by atoms with van der Waals surface area (Å²) >= 11 is 0. The fourth-order valence-corrected chi connectivity index (χ4v) is 0. The summed E-state index contributed by atoms with van der Waals surface area (Å²) in [5.41, 5.74) is 0. The van der Waals surface area contributed by atoms with Crippen molar-refractivity contribution in [3.05, 3.63) is 0 Å². The van der Waals surface area contributed by atoms with Gasteiger partial charge in [-0.05, 0) is 0 Å². The van der Waals surface area contributed by atoms with Crippen LogP contribution >= 0.6 is 0 Å². The predicted octanol–water partition coefficient (Wildman–Crippen LogP) is -7.29. The van der Waals surface area contributed by atoms with E-state index in [0.717, 1.165) is 0 Å². The Morgan fingerprint density at radius 3 is 0.750 bits per heavy atom. The first-order valence-electron chi connectivity index (χ1n) is 0. The summed E-state index contributed by atoms with van der Waals surface area (Å²) in [4.78, 5) is 0. The molecule has 4 heavy (non-hydrogen) atoms. The Morgan fingerprint density at radius 2 is 0.750 bits per heavy atom. The molecule has 0 N–H and O–H groups in total. The predicted molar refractivity (Wildman–Crippen MR) is 14.3 cm³/mol. The molecule has 0 amide bonds. The molecule has 0 aromatic rings. The van der Waals surface area contributed by atoms with E-state index in [1.165, 1.54) is 0 Å². The van der Waals surface area contributed by atoms with Gasteiger partial charge in [-0.2, -0.15) is 0 Å². The monoisotopic (exact) mass is 168 g/mol. The molecule has 0 fully saturated rings. The van der Waals surface area contributed by atoms with Gasteiger partial charge in [-0.3, -0.25) is 0 Å². The van der Waals surface area contributed by atoms with Crippen LogP contribution in [0.1, 0.15) is 0 Å². The molecule has 0 unspecified atom stereocenters. The van der Waals surface area contributed by atoms with Crippen molar-refractivity contribution in [1.82, 2.24) is 0 Å². The molecule has 0 aromatic carbocycles. The van der Waals surface area contributed by atoms with Gasteiger partial charge in [0.15, 0.2) is 0 Å². The van der Waals surface area contributed by atoms with Crippen LogP contribution in [-0.4, -0.2) is 83.2 Å². The van der Waals surface area contributed by atoms with Gasteiger partial charge in [0.25, 0.3) is 0 Å². The molecule has 0 saturated carbocycles. The molecule has 4 heteroatoms. The SMILES string of the molecule is [Ca+2].[F-].[F-].[SrH2]. The van der Waals surface area contributed by atoms with Gasteiger partial charge < -0.3 is 9.41 Å². The molecule has 0 heterocycles. The van der Waals surface area contributed by atoms with Gasteiger partial charge in [-0.25, -0.2) is 0 Å². The van der Waals surface area contributed by atoms with E-state index in [9.17, 15) is 0 Å². The second-order valence-corrected chi connectivity index (χ2v) is 0. The third kappa shape index (κ3) is 8.82. The van der Waals surface area contributed by atoms with Crippen molar-refractivity contribution in [3.63, 3.8) is 0 Å². The van der Waals surface area contributed by atoms with E-state index in [0.29, 0.717) is 0 Å². The van der Waals surface area contributed by atoms with Gasteiger partial charge in [-0.15, -0.1) is 0 Å². The Hall–Kier alpha value is 2.60. The third-order valence-electron chi connectivity index (χ3n) is 0. The molecule has 0 aliphatic carbocycles. The van der Waals surface area contributed by atoms with Crippen LogP contribution in [0.25, 0.3) is 0 Å². The molecule has 0 atom stereocenters. The standard InChI is InChI=1S/Ca.2FH.Sr.2H/h;2*1H;;;/q+2;;;;;/p-2. The second kappa shape index (κ2) is 17.5. The number of hydrogen-bond donors (Lipinski definition) is 0. The molecular weight excluding hydrogens is 166 g/mol. The van der Waals surface area contributed by atoms with Crippen molar-refractivity contribution in [1.29, 1.82) is 0 Å². The van der Waals surface area contributed by atoms with Crippen LogP contribution in [0.5, 0.6) is 0 Å². The second-order valence-electron chi connectivity index (χ2n) is 0. The molecule has 0 radical (unpaired) electrons. The van der Waals surface area contributed by atoms with Crippen molar-refractivity contribution >= 4 is 83.2 Å². The third-order valence-corrected chi connectivity index (χ3v) is 0. The Kier molecular flexibility index (Phi) is 134. The molecule has 0 spiro atoms. The Bertz CT molecular complexity index is 6.00. The van der Waals surface area contributed by atoms with Crippen LogP contribution in [0.2, 0.25) is 0 Å². The summed E-state index contributed by atoms with van der Waals surface area (Å²) < 4.78 is 0. The van der Waals surface area contributed by atoms with E-state index in [1.807, 2.05) is 0 Å². The Labute approximate surface area is 90.3 Å². The van der Waals surface area contributed by atoms with Crippen molar-refractivity contribution in [3.8, 4) is 0 Å². The first kappa shape index (κ1) is 30.6. The van der Waals surface area contributed by atoms with Gasteiger partial charge in [0.2, 0.25) is 0 Å². The molecule has 0 rings (SSSR count).